The van der Waals surface area contributed by atoms with Gasteiger partial charge in [-0.25, -0.2) is 0 Å². The molecular formula is C14H21BrN2O. The Morgan fingerprint density at radius 2 is 2.11 bits per heavy atom. The number of anilines is 1. The molecule has 1 aromatic carbocycles. The maximum absolute atomic E-state index is 9.57. The molecule has 2 rings (SSSR count). The molecule has 1 heterocycles. The Morgan fingerprint density at radius 1 is 1.28 bits per heavy atom. The number of hydrogen-bond donors (Lipinski definition) is 2. The Labute approximate surface area is 117 Å². The standard InChI is InChI=1S/C14H21BrN2O/c15-12-6-11(9-16)7-14(8-12)17-5-3-1-2-4-13(17)10-18/h6-8,13,18H,1-5,9-10,16H2. The van der Waals surface area contributed by atoms with Crippen LogP contribution in [0.5, 0.6) is 0 Å². The first-order chi connectivity index (χ1) is 8.74. The number of halogens is 1. The highest BCUT2D eigenvalue weighted by Gasteiger charge is 2.21. The van der Waals surface area contributed by atoms with Gasteiger partial charge in [0.15, 0.2) is 0 Å². The van der Waals surface area contributed by atoms with Gasteiger partial charge in [0.2, 0.25) is 0 Å². The highest BCUT2D eigenvalue weighted by Crippen LogP contribution is 2.28. The minimum absolute atomic E-state index is 0.227. The van der Waals surface area contributed by atoms with E-state index in [4.69, 9.17) is 5.73 Å². The smallest absolute Gasteiger partial charge is 0.0635 e. The van der Waals surface area contributed by atoms with E-state index in [-0.39, 0.29) is 12.6 Å². The summed E-state index contributed by atoms with van der Waals surface area (Å²) in [6.45, 7) is 1.79. The van der Waals surface area contributed by atoms with E-state index >= 15 is 0 Å². The third-order valence-electron chi connectivity index (χ3n) is 3.60. The quantitative estimate of drug-likeness (QED) is 0.902. The highest BCUT2D eigenvalue weighted by atomic mass is 79.9. The van der Waals surface area contributed by atoms with Crippen molar-refractivity contribution in [2.24, 2.45) is 5.73 Å². The zero-order valence-corrected chi connectivity index (χ0v) is 12.2. The summed E-state index contributed by atoms with van der Waals surface area (Å²) < 4.78 is 1.06. The van der Waals surface area contributed by atoms with Crippen molar-refractivity contribution in [2.75, 3.05) is 18.1 Å². The van der Waals surface area contributed by atoms with Gasteiger partial charge in [0.25, 0.3) is 0 Å². The molecule has 0 amide bonds. The van der Waals surface area contributed by atoms with E-state index in [2.05, 4.69) is 39.0 Å². The van der Waals surface area contributed by atoms with Crippen LogP contribution >= 0.6 is 15.9 Å². The molecule has 3 N–H and O–H groups in total. The molecule has 0 saturated carbocycles. The summed E-state index contributed by atoms with van der Waals surface area (Å²) in [7, 11) is 0. The van der Waals surface area contributed by atoms with Crippen molar-refractivity contribution in [3.05, 3.63) is 28.2 Å². The minimum atomic E-state index is 0.227. The predicted molar refractivity (Wildman–Crippen MR) is 78.7 cm³/mol. The van der Waals surface area contributed by atoms with E-state index in [0.717, 1.165) is 23.0 Å². The van der Waals surface area contributed by atoms with Gasteiger partial charge in [0.05, 0.1) is 12.6 Å². The molecule has 1 aliphatic rings. The summed E-state index contributed by atoms with van der Waals surface area (Å²) in [6, 6.07) is 6.55. The maximum atomic E-state index is 9.57. The number of nitrogens with zero attached hydrogens (tertiary/aromatic N) is 1. The van der Waals surface area contributed by atoms with E-state index in [0.29, 0.717) is 6.54 Å². The van der Waals surface area contributed by atoms with Gasteiger partial charge in [0.1, 0.15) is 0 Å². The second-order valence-corrected chi connectivity index (χ2v) is 5.82. The molecular weight excluding hydrogens is 292 g/mol. The van der Waals surface area contributed by atoms with Crippen molar-refractivity contribution in [1.82, 2.24) is 0 Å². The van der Waals surface area contributed by atoms with Crippen LogP contribution in [0.4, 0.5) is 5.69 Å². The third-order valence-corrected chi connectivity index (χ3v) is 4.06. The molecule has 0 radical (unpaired) electrons. The molecule has 0 spiro atoms. The van der Waals surface area contributed by atoms with Crippen molar-refractivity contribution >= 4 is 21.6 Å². The van der Waals surface area contributed by atoms with Crippen LogP contribution < -0.4 is 10.6 Å². The van der Waals surface area contributed by atoms with Gasteiger partial charge in [-0.3, -0.25) is 0 Å². The number of benzene rings is 1. The average Bonchev–Trinajstić information content (AvgIpc) is 2.62. The zero-order chi connectivity index (χ0) is 13.0. The van der Waals surface area contributed by atoms with Crippen LogP contribution in [0.25, 0.3) is 0 Å². The molecule has 0 bridgehead atoms. The summed E-state index contributed by atoms with van der Waals surface area (Å²) in [5.41, 5.74) is 8.02. The molecule has 18 heavy (non-hydrogen) atoms. The first-order valence-corrected chi connectivity index (χ1v) is 7.41. The fourth-order valence-electron chi connectivity index (χ4n) is 2.62. The SMILES string of the molecule is NCc1cc(Br)cc(N2CCCCCC2CO)c1. The average molecular weight is 313 g/mol. The molecule has 1 saturated heterocycles. The summed E-state index contributed by atoms with van der Waals surface area (Å²) in [6.07, 6.45) is 4.73. The third kappa shape index (κ3) is 3.25. The molecule has 100 valence electrons. The van der Waals surface area contributed by atoms with Crippen LogP contribution in [-0.4, -0.2) is 24.3 Å². The van der Waals surface area contributed by atoms with E-state index < -0.39 is 0 Å². The van der Waals surface area contributed by atoms with E-state index in [1.54, 1.807) is 0 Å². The number of rotatable bonds is 3. The second kappa shape index (κ2) is 6.55. The number of nitrogens with two attached hydrogens (primary N) is 1. The fourth-order valence-corrected chi connectivity index (χ4v) is 3.15. The van der Waals surface area contributed by atoms with Crippen LogP contribution in [0, 0.1) is 0 Å². The van der Waals surface area contributed by atoms with Crippen molar-refractivity contribution < 1.29 is 5.11 Å². The van der Waals surface area contributed by atoms with E-state index in [1.165, 1.54) is 24.9 Å². The van der Waals surface area contributed by atoms with Crippen molar-refractivity contribution in [2.45, 2.75) is 38.3 Å². The lowest BCUT2D eigenvalue weighted by atomic mass is 10.1. The molecule has 1 unspecified atom stereocenters. The lowest BCUT2D eigenvalue weighted by Gasteiger charge is -2.31. The second-order valence-electron chi connectivity index (χ2n) is 4.90. The van der Waals surface area contributed by atoms with Crippen molar-refractivity contribution in [3.8, 4) is 0 Å². The van der Waals surface area contributed by atoms with Gasteiger partial charge in [-0.05, 0) is 36.6 Å². The fraction of sp³-hybridized carbons (Fsp3) is 0.571. The molecule has 4 heteroatoms. The lowest BCUT2D eigenvalue weighted by Crippen LogP contribution is -2.37. The van der Waals surface area contributed by atoms with Crippen LogP contribution in [0.3, 0.4) is 0 Å². The lowest BCUT2D eigenvalue weighted by molar-refractivity contribution is 0.255. The Bertz CT molecular complexity index is 397. The summed E-state index contributed by atoms with van der Waals surface area (Å²) >= 11 is 3.54. The topological polar surface area (TPSA) is 49.5 Å². The summed E-state index contributed by atoms with van der Waals surface area (Å²) in [5.74, 6) is 0. The van der Waals surface area contributed by atoms with Gasteiger partial charge in [-0.2, -0.15) is 0 Å². The van der Waals surface area contributed by atoms with E-state index in [9.17, 15) is 5.11 Å². The molecule has 3 nitrogen and oxygen atoms in total. The summed E-state index contributed by atoms with van der Waals surface area (Å²) in [4.78, 5) is 2.33. The Balaban J connectivity index is 2.29. The highest BCUT2D eigenvalue weighted by molar-refractivity contribution is 9.10. The van der Waals surface area contributed by atoms with Crippen molar-refractivity contribution in [3.63, 3.8) is 0 Å². The minimum Gasteiger partial charge on any atom is -0.394 e. The van der Waals surface area contributed by atoms with Gasteiger partial charge >= 0.3 is 0 Å². The van der Waals surface area contributed by atoms with Crippen LogP contribution in [0.15, 0.2) is 22.7 Å². The largest absolute Gasteiger partial charge is 0.394 e. The molecule has 1 atom stereocenters. The molecule has 0 aliphatic carbocycles. The molecule has 1 aromatic rings. The number of aliphatic hydroxyl groups is 1. The van der Waals surface area contributed by atoms with Crippen molar-refractivity contribution in [1.29, 1.82) is 0 Å². The Kier molecular flexibility index (Phi) is 5.03. The number of hydrogen-bond acceptors (Lipinski definition) is 3. The van der Waals surface area contributed by atoms with Gasteiger partial charge < -0.3 is 15.7 Å². The first kappa shape index (κ1) is 13.8. The van der Waals surface area contributed by atoms with Crippen LogP contribution in [-0.2, 0) is 6.54 Å². The zero-order valence-electron chi connectivity index (χ0n) is 10.6. The Hall–Kier alpha value is -0.580. The normalized spacial score (nSPS) is 20.8. The maximum Gasteiger partial charge on any atom is 0.0635 e. The summed E-state index contributed by atoms with van der Waals surface area (Å²) in [5, 5.41) is 9.57. The predicted octanol–water partition coefficient (Wildman–Crippen LogP) is 2.65. The number of aliphatic hydroxyl groups excluding tert-OH is 1. The molecule has 0 aromatic heterocycles. The van der Waals surface area contributed by atoms with Gasteiger partial charge in [0, 0.05) is 23.2 Å². The van der Waals surface area contributed by atoms with Gasteiger partial charge in [-0.15, -0.1) is 0 Å². The monoisotopic (exact) mass is 312 g/mol. The van der Waals surface area contributed by atoms with Crippen LogP contribution in [0.2, 0.25) is 0 Å². The van der Waals surface area contributed by atoms with E-state index in [1.807, 2.05) is 0 Å². The molecule has 1 fully saturated rings. The van der Waals surface area contributed by atoms with Crippen LogP contribution in [0.1, 0.15) is 31.2 Å². The Morgan fingerprint density at radius 3 is 2.83 bits per heavy atom. The molecule has 1 aliphatic heterocycles. The van der Waals surface area contributed by atoms with Gasteiger partial charge in [-0.1, -0.05) is 28.8 Å². The first-order valence-electron chi connectivity index (χ1n) is 6.61.